The number of ketones is 1. The molecule has 4 nitrogen and oxygen atoms in total. The number of hydrogen-bond donors (Lipinski definition) is 0. The quantitative estimate of drug-likeness (QED) is 0.794. The van der Waals surface area contributed by atoms with Crippen LogP contribution in [0.2, 0.25) is 0 Å². The maximum Gasteiger partial charge on any atom is 0.171 e. The predicted octanol–water partition coefficient (Wildman–Crippen LogP) is 3.18. The lowest BCUT2D eigenvalue weighted by Gasteiger charge is -2.06. The standard InChI is InChI=1S/C14H16BrN3O/c1-3-6-18-14(16-9-17-18)8-13(19)11-7-10(2)4-5-12(11)15/h4-5,7,9H,3,6,8H2,1-2H3. The molecule has 2 aromatic rings. The van der Waals surface area contributed by atoms with E-state index in [1.54, 1.807) is 4.68 Å². The fourth-order valence-electron chi connectivity index (χ4n) is 1.92. The monoisotopic (exact) mass is 321 g/mol. The number of nitrogens with zero attached hydrogens (tertiary/aromatic N) is 3. The molecule has 0 fully saturated rings. The van der Waals surface area contributed by atoms with Gasteiger partial charge >= 0.3 is 0 Å². The van der Waals surface area contributed by atoms with Gasteiger partial charge in [-0.05, 0) is 25.5 Å². The molecular formula is C14H16BrN3O. The van der Waals surface area contributed by atoms with Gasteiger partial charge in [0.05, 0.1) is 6.42 Å². The van der Waals surface area contributed by atoms with Crippen LogP contribution in [0.15, 0.2) is 29.0 Å². The van der Waals surface area contributed by atoms with Crippen LogP contribution in [0.5, 0.6) is 0 Å². The number of Topliss-reactive ketones (excluding diaryl/α,β-unsaturated/α-hetero) is 1. The van der Waals surface area contributed by atoms with E-state index in [9.17, 15) is 4.79 Å². The van der Waals surface area contributed by atoms with E-state index in [1.807, 2.05) is 25.1 Å². The Morgan fingerprint density at radius 3 is 2.95 bits per heavy atom. The van der Waals surface area contributed by atoms with E-state index in [1.165, 1.54) is 6.33 Å². The fraction of sp³-hybridized carbons (Fsp3) is 0.357. The first kappa shape index (κ1) is 13.9. The molecule has 2 rings (SSSR count). The molecule has 0 N–H and O–H groups in total. The third-order valence-corrected chi connectivity index (χ3v) is 3.56. The van der Waals surface area contributed by atoms with E-state index in [0.29, 0.717) is 5.56 Å². The molecule has 1 heterocycles. The summed E-state index contributed by atoms with van der Waals surface area (Å²) in [5, 5.41) is 4.13. The summed E-state index contributed by atoms with van der Waals surface area (Å²) in [6.45, 7) is 4.84. The van der Waals surface area contributed by atoms with E-state index in [-0.39, 0.29) is 12.2 Å². The molecule has 5 heteroatoms. The van der Waals surface area contributed by atoms with Crippen molar-refractivity contribution < 1.29 is 4.79 Å². The van der Waals surface area contributed by atoms with Crippen molar-refractivity contribution in [1.29, 1.82) is 0 Å². The smallest absolute Gasteiger partial charge is 0.171 e. The maximum atomic E-state index is 12.3. The maximum absolute atomic E-state index is 12.3. The van der Waals surface area contributed by atoms with Crippen LogP contribution in [0, 0.1) is 6.92 Å². The molecule has 0 aliphatic rings. The summed E-state index contributed by atoms with van der Waals surface area (Å²) in [7, 11) is 0. The Labute approximate surface area is 121 Å². The SMILES string of the molecule is CCCn1ncnc1CC(=O)c1cc(C)ccc1Br. The third kappa shape index (κ3) is 3.29. The molecule has 0 atom stereocenters. The number of halogens is 1. The van der Waals surface area contributed by atoms with Crippen molar-refractivity contribution >= 4 is 21.7 Å². The zero-order valence-electron chi connectivity index (χ0n) is 11.1. The first-order chi connectivity index (χ1) is 9.11. The van der Waals surface area contributed by atoms with Crippen LogP contribution in [0.4, 0.5) is 0 Å². The van der Waals surface area contributed by atoms with Crippen molar-refractivity contribution in [2.24, 2.45) is 0 Å². The molecule has 0 amide bonds. The van der Waals surface area contributed by atoms with Crippen LogP contribution in [-0.2, 0) is 13.0 Å². The van der Waals surface area contributed by atoms with Gasteiger partial charge in [-0.3, -0.25) is 4.79 Å². The van der Waals surface area contributed by atoms with Crippen LogP contribution in [0.1, 0.15) is 35.1 Å². The van der Waals surface area contributed by atoms with E-state index in [2.05, 4.69) is 32.9 Å². The molecular weight excluding hydrogens is 306 g/mol. The zero-order chi connectivity index (χ0) is 13.8. The Balaban J connectivity index is 2.21. The molecule has 0 bridgehead atoms. The molecule has 0 aliphatic carbocycles. The van der Waals surface area contributed by atoms with Gasteiger partial charge < -0.3 is 0 Å². The summed E-state index contributed by atoms with van der Waals surface area (Å²) in [6, 6.07) is 5.77. The average Bonchev–Trinajstić information content (AvgIpc) is 2.80. The topological polar surface area (TPSA) is 47.8 Å². The molecule has 0 radical (unpaired) electrons. The Bertz CT molecular complexity index is 592. The van der Waals surface area contributed by atoms with E-state index >= 15 is 0 Å². The van der Waals surface area contributed by atoms with Gasteiger partial charge in [-0.15, -0.1) is 0 Å². The fourth-order valence-corrected chi connectivity index (χ4v) is 2.38. The largest absolute Gasteiger partial charge is 0.294 e. The molecule has 1 aromatic carbocycles. The van der Waals surface area contributed by atoms with Gasteiger partial charge in [0.2, 0.25) is 0 Å². The summed E-state index contributed by atoms with van der Waals surface area (Å²) in [6.07, 6.45) is 2.75. The van der Waals surface area contributed by atoms with Gasteiger partial charge in [0.15, 0.2) is 5.78 Å². The molecule has 0 aliphatic heterocycles. The summed E-state index contributed by atoms with van der Waals surface area (Å²) in [5.41, 5.74) is 1.77. The highest BCUT2D eigenvalue weighted by molar-refractivity contribution is 9.10. The van der Waals surface area contributed by atoms with Crippen molar-refractivity contribution in [1.82, 2.24) is 14.8 Å². The van der Waals surface area contributed by atoms with Crippen LogP contribution < -0.4 is 0 Å². The molecule has 0 saturated carbocycles. The summed E-state index contributed by atoms with van der Waals surface area (Å²) < 4.78 is 2.62. The number of benzene rings is 1. The lowest BCUT2D eigenvalue weighted by molar-refractivity contribution is 0.0988. The Kier molecular flexibility index (Phi) is 4.47. The molecule has 1 aromatic heterocycles. The van der Waals surface area contributed by atoms with E-state index < -0.39 is 0 Å². The normalized spacial score (nSPS) is 10.7. The number of rotatable bonds is 5. The predicted molar refractivity (Wildman–Crippen MR) is 77.2 cm³/mol. The van der Waals surface area contributed by atoms with Gasteiger partial charge in [-0.2, -0.15) is 5.10 Å². The Morgan fingerprint density at radius 1 is 1.42 bits per heavy atom. The minimum atomic E-state index is 0.0564. The molecule has 19 heavy (non-hydrogen) atoms. The van der Waals surface area contributed by atoms with Gasteiger partial charge in [0.1, 0.15) is 12.2 Å². The Morgan fingerprint density at radius 2 is 2.21 bits per heavy atom. The number of aryl methyl sites for hydroxylation is 2. The van der Waals surface area contributed by atoms with Gasteiger partial charge in [-0.1, -0.05) is 34.5 Å². The van der Waals surface area contributed by atoms with Gasteiger partial charge in [0, 0.05) is 16.6 Å². The third-order valence-electron chi connectivity index (χ3n) is 2.87. The number of aromatic nitrogens is 3. The average molecular weight is 322 g/mol. The van der Waals surface area contributed by atoms with Crippen LogP contribution in [-0.4, -0.2) is 20.5 Å². The zero-order valence-corrected chi connectivity index (χ0v) is 12.6. The van der Waals surface area contributed by atoms with Crippen molar-refractivity contribution in [2.45, 2.75) is 33.2 Å². The molecule has 0 saturated heterocycles. The first-order valence-electron chi connectivity index (χ1n) is 6.28. The second-order valence-corrected chi connectivity index (χ2v) is 5.34. The lowest BCUT2D eigenvalue weighted by Crippen LogP contribution is -2.12. The van der Waals surface area contributed by atoms with Gasteiger partial charge in [-0.25, -0.2) is 9.67 Å². The lowest BCUT2D eigenvalue weighted by atomic mass is 10.1. The van der Waals surface area contributed by atoms with Gasteiger partial charge in [0.25, 0.3) is 0 Å². The van der Waals surface area contributed by atoms with E-state index in [0.717, 1.165) is 28.8 Å². The van der Waals surface area contributed by atoms with Crippen LogP contribution in [0.25, 0.3) is 0 Å². The first-order valence-corrected chi connectivity index (χ1v) is 7.07. The Hall–Kier alpha value is -1.49. The molecule has 0 spiro atoms. The number of carbonyl (C=O) groups is 1. The minimum Gasteiger partial charge on any atom is -0.294 e. The van der Waals surface area contributed by atoms with Crippen LogP contribution >= 0.6 is 15.9 Å². The van der Waals surface area contributed by atoms with Crippen LogP contribution in [0.3, 0.4) is 0 Å². The second-order valence-electron chi connectivity index (χ2n) is 4.48. The van der Waals surface area contributed by atoms with Crippen molar-refractivity contribution in [3.8, 4) is 0 Å². The highest BCUT2D eigenvalue weighted by Gasteiger charge is 2.14. The summed E-state index contributed by atoms with van der Waals surface area (Å²) in [4.78, 5) is 16.5. The molecule has 100 valence electrons. The summed E-state index contributed by atoms with van der Waals surface area (Å²) in [5.74, 6) is 0.779. The highest BCUT2D eigenvalue weighted by atomic mass is 79.9. The molecule has 0 unspecified atom stereocenters. The van der Waals surface area contributed by atoms with Crippen molar-refractivity contribution in [3.05, 3.63) is 46.0 Å². The number of carbonyl (C=O) groups excluding carboxylic acids is 1. The van der Waals surface area contributed by atoms with Crippen molar-refractivity contribution in [2.75, 3.05) is 0 Å². The summed E-state index contributed by atoms with van der Waals surface area (Å²) >= 11 is 3.42. The number of hydrogen-bond acceptors (Lipinski definition) is 3. The highest BCUT2D eigenvalue weighted by Crippen LogP contribution is 2.19. The van der Waals surface area contributed by atoms with Crippen molar-refractivity contribution in [3.63, 3.8) is 0 Å². The second kappa shape index (κ2) is 6.10. The van der Waals surface area contributed by atoms with E-state index in [4.69, 9.17) is 0 Å². The minimum absolute atomic E-state index is 0.0564.